The van der Waals surface area contributed by atoms with Gasteiger partial charge in [-0.3, -0.25) is 0 Å². The van der Waals surface area contributed by atoms with Gasteiger partial charge in [-0.15, -0.1) is 0 Å². The summed E-state index contributed by atoms with van der Waals surface area (Å²) < 4.78 is 1.13. The number of hydrogen-bond acceptors (Lipinski definition) is 1. The van der Waals surface area contributed by atoms with E-state index in [1.54, 1.807) is 0 Å². The fourth-order valence-corrected chi connectivity index (χ4v) is 3.00. The molecule has 1 heterocycles. The summed E-state index contributed by atoms with van der Waals surface area (Å²) in [5.74, 6) is 0. The lowest BCUT2D eigenvalue weighted by molar-refractivity contribution is 0.520. The molecule has 0 spiro atoms. The van der Waals surface area contributed by atoms with E-state index in [1.165, 1.54) is 42.3 Å². The van der Waals surface area contributed by atoms with E-state index in [0.717, 1.165) is 17.1 Å². The van der Waals surface area contributed by atoms with Crippen molar-refractivity contribution in [3.05, 3.63) is 34.4 Å². The molecular formula is C14H17BrN2. The molecule has 0 bridgehead atoms. The summed E-state index contributed by atoms with van der Waals surface area (Å²) in [6.07, 6.45) is 5.45. The summed E-state index contributed by atoms with van der Waals surface area (Å²) in [6.45, 7) is 0.955. The molecule has 1 aliphatic carbocycles. The van der Waals surface area contributed by atoms with E-state index >= 15 is 0 Å². The predicted octanol–water partition coefficient (Wildman–Crippen LogP) is 3.96. The number of nitrogens with one attached hydrogen (secondary N) is 2. The minimum Gasteiger partial charge on any atom is -0.357 e. The third kappa shape index (κ3) is 2.55. The lowest BCUT2D eigenvalue weighted by Gasteiger charge is -2.10. The Balaban J connectivity index is 1.72. The number of rotatable bonds is 3. The smallest absolute Gasteiger partial charge is 0.0467 e. The highest BCUT2D eigenvalue weighted by Crippen LogP contribution is 2.21. The molecular weight excluding hydrogens is 276 g/mol. The van der Waals surface area contributed by atoms with Crippen molar-refractivity contribution in [1.29, 1.82) is 0 Å². The highest BCUT2D eigenvalue weighted by atomic mass is 79.9. The summed E-state index contributed by atoms with van der Waals surface area (Å²) in [4.78, 5) is 3.47. The van der Waals surface area contributed by atoms with E-state index in [-0.39, 0.29) is 0 Å². The quantitative estimate of drug-likeness (QED) is 0.880. The van der Waals surface area contributed by atoms with Crippen LogP contribution in [0.2, 0.25) is 0 Å². The first-order chi connectivity index (χ1) is 8.31. The molecule has 3 heteroatoms. The average Bonchev–Trinajstić information content (AvgIpc) is 2.94. The van der Waals surface area contributed by atoms with Crippen molar-refractivity contribution in [1.82, 2.24) is 10.3 Å². The van der Waals surface area contributed by atoms with Gasteiger partial charge in [-0.1, -0.05) is 34.8 Å². The Kier molecular flexibility index (Phi) is 3.21. The second-order valence-electron chi connectivity index (χ2n) is 4.89. The second-order valence-corrected chi connectivity index (χ2v) is 5.80. The van der Waals surface area contributed by atoms with Crippen LogP contribution < -0.4 is 5.32 Å². The third-order valence-electron chi connectivity index (χ3n) is 3.58. The monoisotopic (exact) mass is 292 g/mol. The van der Waals surface area contributed by atoms with E-state index < -0.39 is 0 Å². The molecule has 1 fully saturated rings. The molecule has 0 atom stereocenters. The van der Waals surface area contributed by atoms with Crippen molar-refractivity contribution in [2.75, 3.05) is 0 Å². The van der Waals surface area contributed by atoms with Crippen LogP contribution in [0.4, 0.5) is 0 Å². The Morgan fingerprint density at radius 1 is 1.24 bits per heavy atom. The van der Waals surface area contributed by atoms with Gasteiger partial charge in [-0.25, -0.2) is 0 Å². The van der Waals surface area contributed by atoms with Gasteiger partial charge in [-0.05, 0) is 36.4 Å². The topological polar surface area (TPSA) is 27.8 Å². The van der Waals surface area contributed by atoms with Crippen LogP contribution in [0.15, 0.2) is 28.7 Å². The summed E-state index contributed by atoms with van der Waals surface area (Å²) in [5, 5.41) is 4.92. The van der Waals surface area contributed by atoms with E-state index in [4.69, 9.17) is 0 Å². The molecule has 1 aromatic heterocycles. The first kappa shape index (κ1) is 11.3. The number of aromatic amines is 1. The fourth-order valence-electron chi connectivity index (χ4n) is 2.64. The molecule has 0 radical (unpaired) electrons. The molecule has 0 unspecified atom stereocenters. The molecule has 1 aliphatic rings. The lowest BCUT2D eigenvalue weighted by atomic mass is 10.2. The molecule has 17 heavy (non-hydrogen) atoms. The van der Waals surface area contributed by atoms with Crippen LogP contribution in [-0.2, 0) is 6.54 Å². The first-order valence-corrected chi connectivity index (χ1v) is 7.11. The minimum absolute atomic E-state index is 0.730. The van der Waals surface area contributed by atoms with Crippen molar-refractivity contribution in [2.24, 2.45) is 0 Å². The van der Waals surface area contributed by atoms with Crippen LogP contribution in [0.5, 0.6) is 0 Å². The van der Waals surface area contributed by atoms with Crippen molar-refractivity contribution < 1.29 is 0 Å². The maximum absolute atomic E-state index is 3.63. The van der Waals surface area contributed by atoms with Crippen molar-refractivity contribution in [3.63, 3.8) is 0 Å². The normalized spacial score (nSPS) is 17.0. The van der Waals surface area contributed by atoms with Gasteiger partial charge >= 0.3 is 0 Å². The largest absolute Gasteiger partial charge is 0.357 e. The molecule has 0 aliphatic heterocycles. The number of benzene rings is 1. The van der Waals surface area contributed by atoms with Gasteiger partial charge in [-0.2, -0.15) is 0 Å². The van der Waals surface area contributed by atoms with E-state index in [2.05, 4.69) is 50.5 Å². The Hall–Kier alpha value is -0.800. The number of halogens is 1. The zero-order chi connectivity index (χ0) is 11.7. The highest BCUT2D eigenvalue weighted by Gasteiger charge is 2.14. The maximum Gasteiger partial charge on any atom is 0.0467 e. The number of H-pyrrole nitrogens is 1. The zero-order valence-electron chi connectivity index (χ0n) is 9.80. The van der Waals surface area contributed by atoms with Gasteiger partial charge in [0.25, 0.3) is 0 Å². The van der Waals surface area contributed by atoms with Gasteiger partial charge in [0.1, 0.15) is 0 Å². The van der Waals surface area contributed by atoms with Crippen molar-refractivity contribution >= 4 is 26.8 Å². The lowest BCUT2D eigenvalue weighted by Crippen LogP contribution is -2.25. The number of aromatic nitrogens is 1. The highest BCUT2D eigenvalue weighted by molar-refractivity contribution is 9.10. The van der Waals surface area contributed by atoms with Crippen molar-refractivity contribution in [3.8, 4) is 0 Å². The molecule has 2 nitrogen and oxygen atoms in total. The summed E-state index contributed by atoms with van der Waals surface area (Å²) in [5.41, 5.74) is 2.49. The maximum atomic E-state index is 3.63. The van der Waals surface area contributed by atoms with E-state index in [9.17, 15) is 0 Å². The molecule has 90 valence electrons. The molecule has 3 rings (SSSR count). The van der Waals surface area contributed by atoms with E-state index in [0.29, 0.717) is 0 Å². The van der Waals surface area contributed by atoms with Crippen LogP contribution >= 0.6 is 15.9 Å². The van der Waals surface area contributed by atoms with Crippen LogP contribution in [0.25, 0.3) is 10.9 Å². The average molecular weight is 293 g/mol. The Labute approximate surface area is 110 Å². The van der Waals surface area contributed by atoms with Crippen molar-refractivity contribution in [2.45, 2.75) is 38.3 Å². The predicted molar refractivity (Wildman–Crippen MR) is 75.1 cm³/mol. The van der Waals surface area contributed by atoms with Gasteiger partial charge < -0.3 is 10.3 Å². The molecule has 0 amide bonds. The Morgan fingerprint density at radius 2 is 2.06 bits per heavy atom. The molecule has 2 N–H and O–H groups in total. The fraction of sp³-hybridized carbons (Fsp3) is 0.429. The van der Waals surface area contributed by atoms with Gasteiger partial charge in [0.2, 0.25) is 0 Å². The molecule has 2 aromatic rings. The summed E-state index contributed by atoms with van der Waals surface area (Å²) >= 11 is 3.50. The Morgan fingerprint density at radius 3 is 2.88 bits per heavy atom. The zero-order valence-corrected chi connectivity index (χ0v) is 11.4. The Bertz CT molecular complexity index is 512. The van der Waals surface area contributed by atoms with Gasteiger partial charge in [0, 0.05) is 28.3 Å². The standard InChI is InChI=1S/C14H17BrN2/c15-11-6-5-10-7-13(17-14(10)8-11)9-16-12-3-1-2-4-12/h5-8,12,16-17H,1-4,9H2. The van der Waals surface area contributed by atoms with Gasteiger partial charge in [0.15, 0.2) is 0 Å². The molecule has 1 saturated carbocycles. The summed E-state index contributed by atoms with van der Waals surface area (Å²) in [7, 11) is 0. The van der Waals surface area contributed by atoms with Crippen LogP contribution in [0.3, 0.4) is 0 Å². The number of hydrogen-bond donors (Lipinski definition) is 2. The van der Waals surface area contributed by atoms with Gasteiger partial charge in [0.05, 0.1) is 0 Å². The van der Waals surface area contributed by atoms with E-state index in [1.807, 2.05) is 0 Å². The SMILES string of the molecule is Brc1ccc2cc(CNC3CCCC3)[nH]c2c1. The van der Waals surface area contributed by atoms with Crippen LogP contribution in [0, 0.1) is 0 Å². The van der Waals surface area contributed by atoms with Crippen LogP contribution in [0.1, 0.15) is 31.4 Å². The first-order valence-electron chi connectivity index (χ1n) is 6.32. The number of fused-ring (bicyclic) bond motifs is 1. The minimum atomic E-state index is 0.730. The second kappa shape index (κ2) is 4.83. The molecule has 1 aromatic carbocycles. The van der Waals surface area contributed by atoms with Crippen LogP contribution in [-0.4, -0.2) is 11.0 Å². The summed E-state index contributed by atoms with van der Waals surface area (Å²) in [6, 6.07) is 9.34. The third-order valence-corrected chi connectivity index (χ3v) is 4.07. The molecule has 0 saturated heterocycles.